The Bertz CT molecular complexity index is 947. The van der Waals surface area contributed by atoms with Crippen LogP contribution in [0.3, 0.4) is 0 Å². The smallest absolute Gasteiger partial charge is 0.221 e. The first kappa shape index (κ1) is 15.5. The van der Waals surface area contributed by atoms with Crippen LogP contribution in [0.4, 0.5) is 11.4 Å². The van der Waals surface area contributed by atoms with Crippen LogP contribution in [0.15, 0.2) is 52.7 Å². The molecule has 0 unspecified atom stereocenters. The van der Waals surface area contributed by atoms with Gasteiger partial charge in [-0.15, -0.1) is 5.11 Å². The molecule has 6 heteroatoms. The summed E-state index contributed by atoms with van der Waals surface area (Å²) in [6, 6.07) is 13.7. The minimum Gasteiger partial charge on any atom is -0.493 e. The van der Waals surface area contributed by atoms with Crippen LogP contribution >= 0.6 is 23.4 Å². The number of halogens is 1. The van der Waals surface area contributed by atoms with Crippen LogP contribution in [0.2, 0.25) is 5.02 Å². The lowest BCUT2D eigenvalue weighted by Crippen LogP contribution is -2.22. The molecule has 4 rings (SSSR count). The molecule has 1 aliphatic heterocycles. The molecular weight excluding hydrogens is 342 g/mol. The molecule has 0 amide bonds. The Kier molecular flexibility index (Phi) is 3.98. The molecule has 122 valence electrons. The van der Waals surface area contributed by atoms with Gasteiger partial charge in [-0.3, -0.25) is 0 Å². The van der Waals surface area contributed by atoms with Gasteiger partial charge in [0.15, 0.2) is 5.69 Å². The molecule has 1 N–H and O–H groups in total. The third-order valence-electron chi connectivity index (χ3n) is 4.27. The van der Waals surface area contributed by atoms with Crippen LogP contribution < -0.4 is 0 Å². The number of hydrogen-bond acceptors (Lipinski definition) is 4. The highest BCUT2D eigenvalue weighted by Gasteiger charge is 2.27. The van der Waals surface area contributed by atoms with Crippen LogP contribution in [0.5, 0.6) is 5.88 Å². The van der Waals surface area contributed by atoms with Crippen molar-refractivity contribution >= 4 is 45.6 Å². The molecule has 1 aromatic heterocycles. The summed E-state index contributed by atoms with van der Waals surface area (Å²) in [6.45, 7) is 1.96. The first-order valence-corrected chi connectivity index (χ1v) is 9.26. The van der Waals surface area contributed by atoms with Gasteiger partial charge in [0.1, 0.15) is 0 Å². The van der Waals surface area contributed by atoms with E-state index >= 15 is 0 Å². The number of aromatic nitrogens is 1. The van der Waals surface area contributed by atoms with Crippen molar-refractivity contribution in [3.05, 3.63) is 53.1 Å². The summed E-state index contributed by atoms with van der Waals surface area (Å²) < 4.78 is 1.98. The van der Waals surface area contributed by atoms with E-state index in [1.807, 2.05) is 59.7 Å². The summed E-state index contributed by atoms with van der Waals surface area (Å²) in [5.74, 6) is 2.21. The highest BCUT2D eigenvalue weighted by molar-refractivity contribution is 8.00. The van der Waals surface area contributed by atoms with E-state index in [2.05, 4.69) is 10.2 Å². The average molecular weight is 358 g/mol. The summed E-state index contributed by atoms with van der Waals surface area (Å²) >= 11 is 7.92. The summed E-state index contributed by atoms with van der Waals surface area (Å²) in [5.41, 5.74) is 3.21. The lowest BCUT2D eigenvalue weighted by Gasteiger charge is -2.27. The van der Waals surface area contributed by atoms with Crippen molar-refractivity contribution in [3.63, 3.8) is 0 Å². The molecule has 0 atom stereocenters. The van der Waals surface area contributed by atoms with Gasteiger partial charge in [-0.2, -0.15) is 16.9 Å². The van der Waals surface area contributed by atoms with Crippen molar-refractivity contribution in [1.29, 1.82) is 0 Å². The van der Waals surface area contributed by atoms with Crippen LogP contribution in [-0.4, -0.2) is 21.2 Å². The summed E-state index contributed by atoms with van der Waals surface area (Å²) in [6.07, 6.45) is 0. The fourth-order valence-electron chi connectivity index (χ4n) is 2.87. The number of nitrogens with zero attached hydrogens (tertiary/aromatic N) is 3. The normalized spacial score (nSPS) is 15.2. The Morgan fingerprint density at radius 2 is 1.96 bits per heavy atom. The van der Waals surface area contributed by atoms with Crippen molar-refractivity contribution in [2.75, 3.05) is 11.5 Å². The fraction of sp³-hybridized carbons (Fsp3) is 0.222. The molecule has 1 saturated heterocycles. The van der Waals surface area contributed by atoms with Crippen LogP contribution in [0.25, 0.3) is 10.9 Å². The van der Waals surface area contributed by atoms with E-state index in [0.29, 0.717) is 22.4 Å². The first-order valence-electron chi connectivity index (χ1n) is 7.72. The lowest BCUT2D eigenvalue weighted by molar-refractivity contribution is 0.406. The SMILES string of the molecule is Cc1ccc(Cl)cc1N=Nc1c(O)n(C2CSC2)c2ccccc12. The van der Waals surface area contributed by atoms with Crippen LogP contribution in [0.1, 0.15) is 11.6 Å². The molecule has 1 fully saturated rings. The number of azo groups is 1. The Morgan fingerprint density at radius 1 is 1.17 bits per heavy atom. The number of benzene rings is 2. The molecule has 0 spiro atoms. The van der Waals surface area contributed by atoms with Crippen molar-refractivity contribution in [2.45, 2.75) is 13.0 Å². The van der Waals surface area contributed by atoms with Crippen LogP contribution in [-0.2, 0) is 0 Å². The minimum absolute atomic E-state index is 0.185. The van der Waals surface area contributed by atoms with Gasteiger partial charge < -0.3 is 9.67 Å². The van der Waals surface area contributed by atoms with Gasteiger partial charge in [0.25, 0.3) is 0 Å². The van der Waals surface area contributed by atoms with Crippen LogP contribution in [0, 0.1) is 6.92 Å². The first-order chi connectivity index (χ1) is 11.6. The van der Waals surface area contributed by atoms with E-state index in [1.54, 1.807) is 6.07 Å². The summed E-state index contributed by atoms with van der Waals surface area (Å²) in [4.78, 5) is 0. The Morgan fingerprint density at radius 3 is 2.71 bits per heavy atom. The zero-order chi connectivity index (χ0) is 16.7. The number of fused-ring (bicyclic) bond motifs is 1. The van der Waals surface area contributed by atoms with Gasteiger partial charge in [0.05, 0.1) is 17.2 Å². The molecule has 0 bridgehead atoms. The molecule has 0 saturated carbocycles. The van der Waals surface area contributed by atoms with E-state index in [-0.39, 0.29) is 5.88 Å². The summed E-state index contributed by atoms with van der Waals surface area (Å²) in [5, 5.41) is 20.9. The van der Waals surface area contributed by atoms with E-state index < -0.39 is 0 Å². The maximum atomic E-state index is 10.7. The molecule has 4 nitrogen and oxygen atoms in total. The number of para-hydroxylation sites is 1. The molecular formula is C18H16ClN3OS. The number of rotatable bonds is 3. The standard InChI is InChI=1S/C18H16ClN3OS/c1-11-6-7-12(19)8-15(11)20-21-17-14-4-2-3-5-16(14)22(18(17)23)13-9-24-10-13/h2-8,13,23H,9-10H2,1H3. The van der Waals surface area contributed by atoms with Gasteiger partial charge >= 0.3 is 0 Å². The van der Waals surface area contributed by atoms with Gasteiger partial charge in [-0.25, -0.2) is 0 Å². The largest absolute Gasteiger partial charge is 0.493 e. The third-order valence-corrected chi connectivity index (χ3v) is 5.75. The molecule has 2 heterocycles. The third kappa shape index (κ3) is 2.58. The highest BCUT2D eigenvalue weighted by atomic mass is 35.5. The lowest BCUT2D eigenvalue weighted by atomic mass is 10.2. The second kappa shape index (κ2) is 6.15. The number of hydrogen-bond donors (Lipinski definition) is 1. The predicted octanol–water partition coefficient (Wildman–Crippen LogP) is 6.01. The van der Waals surface area contributed by atoms with Gasteiger partial charge in [-0.1, -0.05) is 35.9 Å². The molecule has 24 heavy (non-hydrogen) atoms. The van der Waals surface area contributed by atoms with Gasteiger partial charge in [0, 0.05) is 21.9 Å². The maximum absolute atomic E-state index is 10.7. The maximum Gasteiger partial charge on any atom is 0.221 e. The second-order valence-electron chi connectivity index (χ2n) is 5.88. The zero-order valence-corrected chi connectivity index (χ0v) is 14.7. The average Bonchev–Trinajstić information content (AvgIpc) is 2.80. The zero-order valence-electron chi connectivity index (χ0n) is 13.1. The number of aromatic hydroxyl groups is 1. The Labute approximate surface area is 149 Å². The van der Waals surface area contributed by atoms with Crippen molar-refractivity contribution < 1.29 is 5.11 Å². The number of thioether (sulfide) groups is 1. The summed E-state index contributed by atoms with van der Waals surface area (Å²) in [7, 11) is 0. The van der Waals surface area contributed by atoms with Crippen molar-refractivity contribution in [1.82, 2.24) is 4.57 Å². The Hall–Kier alpha value is -1.98. The van der Waals surface area contributed by atoms with Gasteiger partial charge in [0.2, 0.25) is 5.88 Å². The van der Waals surface area contributed by atoms with Gasteiger partial charge in [-0.05, 0) is 30.7 Å². The fourth-order valence-corrected chi connectivity index (χ4v) is 3.78. The Balaban J connectivity index is 1.83. The van der Waals surface area contributed by atoms with Crippen molar-refractivity contribution in [2.24, 2.45) is 10.2 Å². The monoisotopic (exact) mass is 357 g/mol. The number of aryl methyl sites for hydroxylation is 1. The van der Waals surface area contributed by atoms with E-state index in [0.717, 1.165) is 28.0 Å². The topological polar surface area (TPSA) is 49.9 Å². The van der Waals surface area contributed by atoms with E-state index in [9.17, 15) is 5.11 Å². The highest BCUT2D eigenvalue weighted by Crippen LogP contribution is 2.44. The second-order valence-corrected chi connectivity index (χ2v) is 7.39. The molecule has 0 aliphatic carbocycles. The predicted molar refractivity (Wildman–Crippen MR) is 100 cm³/mol. The molecule has 3 aromatic rings. The molecule has 1 aliphatic rings. The minimum atomic E-state index is 0.185. The van der Waals surface area contributed by atoms with Crippen molar-refractivity contribution in [3.8, 4) is 5.88 Å². The van der Waals surface area contributed by atoms with E-state index in [1.165, 1.54) is 0 Å². The molecule has 0 radical (unpaired) electrons. The quantitative estimate of drug-likeness (QED) is 0.583. The molecule has 2 aromatic carbocycles. The van der Waals surface area contributed by atoms with E-state index in [4.69, 9.17) is 11.6 Å².